The van der Waals surface area contributed by atoms with E-state index >= 15 is 0 Å². The van der Waals surface area contributed by atoms with E-state index in [1.54, 1.807) is 43.7 Å². The smallest absolute Gasteiger partial charge is 0.387 e. The molecule has 0 radical (unpaired) electrons. The first-order valence-corrected chi connectivity index (χ1v) is 19.1. The molecule has 3 aromatic rings. The molecule has 11 heteroatoms. The lowest BCUT2D eigenvalue weighted by atomic mass is 9.70. The van der Waals surface area contributed by atoms with Crippen LogP contribution in [-0.2, 0) is 36.4 Å². The third-order valence-electron chi connectivity index (χ3n) is 7.66. The molecule has 1 saturated carbocycles. The number of esters is 1. The Morgan fingerprint density at radius 1 is 1.04 bits per heavy atom. The molecule has 0 bridgehead atoms. The molecule has 4 rings (SSSR count). The molecule has 1 fully saturated rings. The van der Waals surface area contributed by atoms with Gasteiger partial charge in [0.15, 0.2) is 11.5 Å². The van der Waals surface area contributed by atoms with Crippen LogP contribution in [0.2, 0.25) is 25.7 Å². The minimum atomic E-state index is -3.03. The third-order valence-corrected chi connectivity index (χ3v) is 9.36. The van der Waals surface area contributed by atoms with E-state index in [9.17, 15) is 13.6 Å². The predicted octanol–water partition coefficient (Wildman–Crippen LogP) is 7.28. The highest BCUT2D eigenvalue weighted by Crippen LogP contribution is 2.43. The Bertz CT molecular complexity index is 1400. The van der Waals surface area contributed by atoms with Crippen molar-refractivity contribution >= 4 is 14.0 Å². The Morgan fingerprint density at radius 2 is 1.80 bits per heavy atom. The topological polar surface area (TPSA) is 89.0 Å². The summed E-state index contributed by atoms with van der Waals surface area (Å²) >= 11 is 0. The number of nitrogens with zero attached hydrogens (tertiary/aromatic N) is 2. The van der Waals surface area contributed by atoms with Crippen LogP contribution in [0.1, 0.15) is 56.0 Å². The first-order valence-electron chi connectivity index (χ1n) is 15.3. The number of halogens is 2. The molecule has 1 aliphatic carbocycles. The summed E-state index contributed by atoms with van der Waals surface area (Å²) in [6.45, 7) is 10.3. The van der Waals surface area contributed by atoms with E-state index in [4.69, 9.17) is 28.7 Å². The molecule has 0 saturated heterocycles. The third kappa shape index (κ3) is 9.31. The van der Waals surface area contributed by atoms with Crippen LogP contribution in [0.3, 0.4) is 0 Å². The van der Waals surface area contributed by atoms with Gasteiger partial charge in [0, 0.05) is 33.3 Å². The number of hydrogen-bond acceptors (Lipinski definition) is 8. The Balaban J connectivity index is 1.74. The summed E-state index contributed by atoms with van der Waals surface area (Å²) in [4.78, 5) is 23.1. The lowest BCUT2D eigenvalue weighted by Gasteiger charge is -2.33. The van der Waals surface area contributed by atoms with Crippen molar-refractivity contribution < 1.29 is 37.3 Å². The van der Waals surface area contributed by atoms with Crippen molar-refractivity contribution in [2.75, 3.05) is 20.0 Å². The van der Waals surface area contributed by atoms with Gasteiger partial charge in [0.25, 0.3) is 0 Å². The van der Waals surface area contributed by atoms with Gasteiger partial charge in [-0.25, -0.2) is 0 Å². The Hall–Kier alpha value is -3.41. The van der Waals surface area contributed by atoms with Crippen LogP contribution >= 0.6 is 0 Å². The monoisotopic (exact) mass is 642 g/mol. The van der Waals surface area contributed by atoms with Crippen molar-refractivity contribution in [3.05, 3.63) is 83.4 Å². The Kier molecular flexibility index (Phi) is 11.3. The highest BCUT2D eigenvalue weighted by Gasteiger charge is 2.45. The fourth-order valence-corrected chi connectivity index (χ4v) is 5.63. The summed E-state index contributed by atoms with van der Waals surface area (Å²) in [6, 6.07) is 13.0. The molecule has 244 valence electrons. The molecule has 45 heavy (non-hydrogen) atoms. The second kappa shape index (κ2) is 14.8. The number of carbonyl (C=O) groups is 1. The van der Waals surface area contributed by atoms with Gasteiger partial charge in [0.05, 0.1) is 18.4 Å². The summed E-state index contributed by atoms with van der Waals surface area (Å²) in [5.41, 5.74) is 0.274. The maximum Gasteiger partial charge on any atom is 0.387 e. The average Bonchev–Trinajstić information content (AvgIpc) is 3.81. The number of aromatic nitrogens is 2. The second-order valence-corrected chi connectivity index (χ2v) is 18.6. The summed E-state index contributed by atoms with van der Waals surface area (Å²) in [5, 5.41) is 0. The fraction of sp³-hybridized carbons (Fsp3) is 0.500. The number of benzene rings is 1. The zero-order chi connectivity index (χ0) is 32.7. The van der Waals surface area contributed by atoms with E-state index in [0.29, 0.717) is 23.4 Å². The molecule has 1 atom stereocenters. The van der Waals surface area contributed by atoms with Crippen LogP contribution in [0.5, 0.6) is 11.5 Å². The maximum absolute atomic E-state index is 14.1. The van der Waals surface area contributed by atoms with Gasteiger partial charge in [-0.2, -0.15) is 8.78 Å². The minimum absolute atomic E-state index is 0.0979. The predicted molar refractivity (Wildman–Crippen MR) is 169 cm³/mol. The van der Waals surface area contributed by atoms with Gasteiger partial charge in [0.1, 0.15) is 17.8 Å². The number of ether oxygens (including phenoxy) is 5. The molecular weight excluding hydrogens is 598 g/mol. The van der Waals surface area contributed by atoms with Gasteiger partial charge in [-0.1, -0.05) is 37.8 Å². The number of hydrogen-bond donors (Lipinski definition) is 0. The lowest BCUT2D eigenvalue weighted by Crippen LogP contribution is -2.41. The van der Waals surface area contributed by atoms with Crippen molar-refractivity contribution in [3.63, 3.8) is 0 Å². The molecule has 0 aliphatic heterocycles. The van der Waals surface area contributed by atoms with Crippen molar-refractivity contribution in [1.82, 2.24) is 9.97 Å². The van der Waals surface area contributed by atoms with Gasteiger partial charge in [0.2, 0.25) is 0 Å². The first kappa shape index (κ1) is 34.5. The van der Waals surface area contributed by atoms with Gasteiger partial charge >= 0.3 is 12.6 Å². The summed E-state index contributed by atoms with van der Waals surface area (Å²) < 4.78 is 54.8. The molecule has 1 aliphatic rings. The van der Waals surface area contributed by atoms with Gasteiger partial charge in [-0.3, -0.25) is 14.8 Å². The molecule has 1 aromatic carbocycles. The van der Waals surface area contributed by atoms with Gasteiger partial charge in [-0.05, 0) is 87.0 Å². The number of rotatable bonds is 17. The van der Waals surface area contributed by atoms with E-state index < -0.39 is 31.7 Å². The summed E-state index contributed by atoms with van der Waals surface area (Å²) in [5.74, 6) is -0.475. The van der Waals surface area contributed by atoms with Crippen molar-refractivity contribution in [2.45, 2.75) is 89.5 Å². The molecule has 0 N–H and O–H groups in total. The molecule has 8 nitrogen and oxygen atoms in total. The number of carbonyl (C=O) groups excluding carboxylic acids is 1. The van der Waals surface area contributed by atoms with Crippen LogP contribution in [0.25, 0.3) is 0 Å². The van der Waals surface area contributed by atoms with E-state index in [1.165, 1.54) is 6.07 Å². The summed E-state index contributed by atoms with van der Waals surface area (Å²) in [7, 11) is -1.22. The average molecular weight is 643 g/mol. The zero-order valence-corrected chi connectivity index (χ0v) is 28.0. The van der Waals surface area contributed by atoms with Crippen LogP contribution in [0.4, 0.5) is 8.78 Å². The molecule has 2 aromatic heterocycles. The van der Waals surface area contributed by atoms with Gasteiger partial charge < -0.3 is 23.7 Å². The SMILES string of the molecule is CCOC(=O)C(Cc1cccnc1)(c1ccc(C(C)(C)OCOCC[Si](C)(C)C)nc1)c1ccc(OC(F)F)c(OC2CC2)c1. The first-order chi connectivity index (χ1) is 21.3. The lowest BCUT2D eigenvalue weighted by molar-refractivity contribution is -0.148. The van der Waals surface area contributed by atoms with Crippen molar-refractivity contribution in [2.24, 2.45) is 0 Å². The van der Waals surface area contributed by atoms with Crippen molar-refractivity contribution in [1.29, 1.82) is 0 Å². The Morgan fingerprint density at radius 3 is 2.40 bits per heavy atom. The highest BCUT2D eigenvalue weighted by atomic mass is 28.3. The quantitative estimate of drug-likeness (QED) is 0.0657. The van der Waals surface area contributed by atoms with Gasteiger partial charge in [-0.15, -0.1) is 0 Å². The molecule has 2 heterocycles. The highest BCUT2D eigenvalue weighted by molar-refractivity contribution is 6.76. The zero-order valence-electron chi connectivity index (χ0n) is 27.0. The van der Waals surface area contributed by atoms with Crippen molar-refractivity contribution in [3.8, 4) is 11.5 Å². The molecule has 0 amide bonds. The van der Waals surface area contributed by atoms with Crippen LogP contribution in [0.15, 0.2) is 61.1 Å². The van der Waals surface area contributed by atoms with E-state index in [2.05, 4.69) is 24.6 Å². The molecular formula is C34H44F2N2O6Si. The summed E-state index contributed by atoms with van der Waals surface area (Å²) in [6.07, 6.45) is 6.67. The van der Waals surface area contributed by atoms with Crippen LogP contribution in [-0.4, -0.2) is 56.7 Å². The minimum Gasteiger partial charge on any atom is -0.487 e. The second-order valence-electron chi connectivity index (χ2n) is 12.9. The normalized spacial score (nSPS) is 15.0. The number of alkyl halides is 2. The molecule has 1 unspecified atom stereocenters. The standard InChI is InChI=1S/C34H44F2N2O6Si/c1-7-41-31(39)34(20-24-9-8-16-37-21-24,25-10-14-28(44-32(35)36)29(19-25)43-27-12-13-27)26-11-15-30(38-22-26)33(2,3)42-23-40-17-18-45(4,5)6/h8-11,14-16,19,21-22,27,32H,7,12-13,17-18,20,23H2,1-6H3. The fourth-order valence-electron chi connectivity index (χ4n) is 4.87. The van der Waals surface area contributed by atoms with E-state index in [-0.39, 0.29) is 37.4 Å². The maximum atomic E-state index is 14.1. The van der Waals surface area contributed by atoms with Crippen LogP contribution < -0.4 is 9.47 Å². The van der Waals surface area contributed by atoms with E-state index in [0.717, 1.165) is 24.4 Å². The Labute approximate surface area is 265 Å². The largest absolute Gasteiger partial charge is 0.487 e. The van der Waals surface area contributed by atoms with Crippen LogP contribution in [0, 0.1) is 0 Å². The number of pyridine rings is 2. The molecule has 0 spiro atoms. The van der Waals surface area contributed by atoms with E-state index in [1.807, 2.05) is 32.0 Å².